The molecule has 1 saturated heterocycles. The summed E-state index contributed by atoms with van der Waals surface area (Å²) in [6.45, 7) is 6.38. The van der Waals surface area contributed by atoms with Crippen LogP contribution in [0.15, 0.2) is 47.8 Å². The van der Waals surface area contributed by atoms with E-state index < -0.39 is 0 Å². The first kappa shape index (κ1) is 18.9. The van der Waals surface area contributed by atoms with Crippen molar-refractivity contribution in [1.29, 1.82) is 0 Å². The third-order valence-corrected chi connectivity index (χ3v) is 6.49. The molecule has 29 heavy (non-hydrogen) atoms. The zero-order valence-electron chi connectivity index (χ0n) is 16.0. The lowest BCUT2D eigenvalue weighted by atomic mass is 10.2. The minimum atomic E-state index is 0.297. The van der Waals surface area contributed by atoms with Gasteiger partial charge in [-0.05, 0) is 35.9 Å². The number of benzene rings is 2. The fraction of sp³-hybridized carbons (Fsp3) is 0.318. The van der Waals surface area contributed by atoms with Gasteiger partial charge in [-0.15, -0.1) is 11.3 Å². The van der Waals surface area contributed by atoms with Gasteiger partial charge in [-0.2, -0.15) is 0 Å². The fourth-order valence-corrected chi connectivity index (χ4v) is 4.79. The number of ether oxygens (including phenoxy) is 2. The van der Waals surface area contributed by atoms with Gasteiger partial charge in [0.05, 0.1) is 5.69 Å². The topological polar surface area (TPSA) is 37.8 Å². The molecule has 0 atom stereocenters. The molecule has 0 spiro atoms. The number of rotatable bonds is 5. The molecule has 0 bridgehead atoms. The molecular formula is C22H22ClN3O2S. The van der Waals surface area contributed by atoms with Crippen molar-refractivity contribution >= 4 is 22.9 Å². The highest BCUT2D eigenvalue weighted by molar-refractivity contribution is 7.13. The molecule has 0 radical (unpaired) electrons. The van der Waals surface area contributed by atoms with Crippen LogP contribution in [0.25, 0.3) is 10.6 Å². The summed E-state index contributed by atoms with van der Waals surface area (Å²) in [4.78, 5) is 9.82. The van der Waals surface area contributed by atoms with Crippen molar-refractivity contribution in [3.05, 3.63) is 64.1 Å². The number of fused-ring (bicyclic) bond motifs is 1. The first-order chi connectivity index (χ1) is 14.2. The molecule has 0 N–H and O–H groups in total. The monoisotopic (exact) mass is 427 g/mol. The smallest absolute Gasteiger partial charge is 0.231 e. The van der Waals surface area contributed by atoms with Crippen LogP contribution in [0, 0.1) is 0 Å². The summed E-state index contributed by atoms with van der Waals surface area (Å²) >= 11 is 7.79. The molecule has 7 heteroatoms. The zero-order valence-corrected chi connectivity index (χ0v) is 17.6. The molecule has 1 fully saturated rings. The molecule has 0 aliphatic carbocycles. The summed E-state index contributed by atoms with van der Waals surface area (Å²) in [7, 11) is 0. The quantitative estimate of drug-likeness (QED) is 0.599. The van der Waals surface area contributed by atoms with Crippen LogP contribution in [0.2, 0.25) is 5.02 Å². The van der Waals surface area contributed by atoms with E-state index in [0.29, 0.717) is 6.79 Å². The van der Waals surface area contributed by atoms with Gasteiger partial charge in [0.1, 0.15) is 5.01 Å². The predicted molar refractivity (Wildman–Crippen MR) is 116 cm³/mol. The van der Waals surface area contributed by atoms with Crippen molar-refractivity contribution in [3.63, 3.8) is 0 Å². The summed E-state index contributed by atoms with van der Waals surface area (Å²) in [5.74, 6) is 1.61. The number of piperazine rings is 1. The number of hydrogen-bond donors (Lipinski definition) is 0. The van der Waals surface area contributed by atoms with Gasteiger partial charge in [0.25, 0.3) is 0 Å². The highest BCUT2D eigenvalue weighted by atomic mass is 35.5. The molecule has 2 aromatic carbocycles. The van der Waals surface area contributed by atoms with E-state index in [1.165, 1.54) is 5.56 Å². The molecular weight excluding hydrogens is 406 g/mol. The maximum Gasteiger partial charge on any atom is 0.231 e. The van der Waals surface area contributed by atoms with Crippen molar-refractivity contribution in [2.45, 2.75) is 13.1 Å². The summed E-state index contributed by atoms with van der Waals surface area (Å²) in [6, 6.07) is 14.2. The Kier molecular flexibility index (Phi) is 5.42. The number of thiazole rings is 1. The van der Waals surface area contributed by atoms with Crippen LogP contribution in [0.5, 0.6) is 11.5 Å². The molecule has 2 aliphatic rings. The Morgan fingerprint density at radius 2 is 1.72 bits per heavy atom. The second kappa shape index (κ2) is 8.32. The van der Waals surface area contributed by atoms with Gasteiger partial charge in [-0.3, -0.25) is 9.80 Å². The normalized spacial score (nSPS) is 17.0. The van der Waals surface area contributed by atoms with Crippen LogP contribution in [-0.4, -0.2) is 47.8 Å². The van der Waals surface area contributed by atoms with Crippen molar-refractivity contribution in [3.8, 4) is 22.1 Å². The van der Waals surface area contributed by atoms with Gasteiger partial charge in [0.15, 0.2) is 11.5 Å². The van der Waals surface area contributed by atoms with Crippen LogP contribution in [-0.2, 0) is 13.1 Å². The van der Waals surface area contributed by atoms with Gasteiger partial charge < -0.3 is 9.47 Å². The molecule has 2 aliphatic heterocycles. The maximum absolute atomic E-state index is 6.10. The van der Waals surface area contributed by atoms with Gasteiger partial charge in [0.2, 0.25) is 6.79 Å². The standard InChI is InChI=1S/C22H22ClN3O2S/c23-18-3-1-2-16(10-18)12-25-6-8-26(9-7-25)13-19-14-29-22(24-19)17-4-5-20-21(11-17)28-15-27-20/h1-5,10-11,14H,6-9,12-13,15H2. The minimum Gasteiger partial charge on any atom is -0.454 e. The first-order valence-electron chi connectivity index (χ1n) is 9.76. The van der Waals surface area contributed by atoms with Crippen molar-refractivity contribution < 1.29 is 9.47 Å². The minimum absolute atomic E-state index is 0.297. The third kappa shape index (κ3) is 4.41. The molecule has 3 heterocycles. The van der Waals surface area contributed by atoms with E-state index in [1.807, 2.05) is 30.3 Å². The average Bonchev–Trinajstić information content (AvgIpc) is 3.38. The van der Waals surface area contributed by atoms with Crippen LogP contribution in [0.1, 0.15) is 11.3 Å². The molecule has 0 amide bonds. The zero-order chi connectivity index (χ0) is 19.6. The Labute approximate surface area is 179 Å². The molecule has 5 rings (SSSR count). The van der Waals surface area contributed by atoms with Gasteiger partial charge in [-0.1, -0.05) is 23.7 Å². The molecule has 0 saturated carbocycles. The Hall–Kier alpha value is -2.12. The van der Waals surface area contributed by atoms with Crippen molar-refractivity contribution in [2.75, 3.05) is 33.0 Å². The Morgan fingerprint density at radius 1 is 0.931 bits per heavy atom. The average molecular weight is 428 g/mol. The number of halogens is 1. The number of nitrogens with zero attached hydrogens (tertiary/aromatic N) is 3. The second-order valence-corrected chi connectivity index (χ2v) is 8.69. The third-order valence-electron chi connectivity index (χ3n) is 5.32. The SMILES string of the molecule is Clc1cccc(CN2CCN(Cc3csc(-c4ccc5c(c4)OCO5)n3)CC2)c1. The highest BCUT2D eigenvalue weighted by Crippen LogP contribution is 2.36. The lowest BCUT2D eigenvalue weighted by Gasteiger charge is -2.34. The molecule has 150 valence electrons. The molecule has 0 unspecified atom stereocenters. The lowest BCUT2D eigenvalue weighted by Crippen LogP contribution is -2.45. The molecule has 3 aromatic rings. The number of aromatic nitrogens is 1. The lowest BCUT2D eigenvalue weighted by molar-refractivity contribution is 0.121. The van der Waals surface area contributed by atoms with E-state index in [-0.39, 0.29) is 0 Å². The molecule has 5 nitrogen and oxygen atoms in total. The summed E-state index contributed by atoms with van der Waals surface area (Å²) < 4.78 is 10.9. The van der Waals surface area contributed by atoms with Gasteiger partial charge in [-0.25, -0.2) is 4.98 Å². The predicted octanol–water partition coefficient (Wildman–Crippen LogP) is 4.51. The Bertz CT molecular complexity index is 1000. The fourth-order valence-electron chi connectivity index (χ4n) is 3.77. The van der Waals surface area contributed by atoms with E-state index in [0.717, 1.165) is 72.1 Å². The molecule has 1 aromatic heterocycles. The van der Waals surface area contributed by atoms with Gasteiger partial charge >= 0.3 is 0 Å². The van der Waals surface area contributed by atoms with Crippen molar-refractivity contribution in [2.24, 2.45) is 0 Å². The number of hydrogen-bond acceptors (Lipinski definition) is 6. The van der Waals surface area contributed by atoms with Crippen LogP contribution < -0.4 is 9.47 Å². The maximum atomic E-state index is 6.10. The van der Waals surface area contributed by atoms with Crippen LogP contribution in [0.4, 0.5) is 0 Å². The first-order valence-corrected chi connectivity index (χ1v) is 11.0. The summed E-state index contributed by atoms with van der Waals surface area (Å²) in [5.41, 5.74) is 3.49. The summed E-state index contributed by atoms with van der Waals surface area (Å²) in [5, 5.41) is 4.00. The highest BCUT2D eigenvalue weighted by Gasteiger charge is 2.19. The van der Waals surface area contributed by atoms with E-state index in [2.05, 4.69) is 27.3 Å². The summed E-state index contributed by atoms with van der Waals surface area (Å²) in [6.07, 6.45) is 0. The van der Waals surface area contributed by atoms with E-state index in [9.17, 15) is 0 Å². The Morgan fingerprint density at radius 3 is 2.55 bits per heavy atom. The van der Waals surface area contributed by atoms with Crippen molar-refractivity contribution in [1.82, 2.24) is 14.8 Å². The van der Waals surface area contributed by atoms with E-state index in [1.54, 1.807) is 11.3 Å². The van der Waals surface area contributed by atoms with Crippen LogP contribution in [0.3, 0.4) is 0 Å². The largest absolute Gasteiger partial charge is 0.454 e. The van der Waals surface area contributed by atoms with E-state index in [4.69, 9.17) is 26.1 Å². The van der Waals surface area contributed by atoms with E-state index >= 15 is 0 Å². The second-order valence-electron chi connectivity index (χ2n) is 7.39. The Balaban J connectivity index is 1.16. The van der Waals surface area contributed by atoms with Gasteiger partial charge in [0, 0.05) is 55.2 Å². The van der Waals surface area contributed by atoms with Crippen LogP contribution >= 0.6 is 22.9 Å².